The van der Waals surface area contributed by atoms with Gasteiger partial charge in [-0.25, -0.2) is 8.78 Å². The zero-order valence-corrected chi connectivity index (χ0v) is 6.12. The Morgan fingerprint density at radius 2 is 2.10 bits per heavy atom. The minimum absolute atomic E-state index is 0.123. The van der Waals surface area contributed by atoms with Crippen molar-refractivity contribution < 1.29 is 8.78 Å². The summed E-state index contributed by atoms with van der Waals surface area (Å²) in [6.07, 6.45) is 2.57. The summed E-state index contributed by atoms with van der Waals surface area (Å²) in [6, 6.07) is 0. The predicted molar refractivity (Wildman–Crippen MR) is 38.0 cm³/mol. The largest absolute Gasteiger partial charge is 0.387 e. The van der Waals surface area contributed by atoms with Gasteiger partial charge in [0.1, 0.15) is 0 Å². The van der Waals surface area contributed by atoms with Crippen LogP contribution < -0.4 is 5.32 Å². The molecular formula is C7H11F2N. The molecule has 0 aliphatic rings. The zero-order chi connectivity index (χ0) is 8.20. The Morgan fingerprint density at radius 1 is 1.60 bits per heavy atom. The van der Waals surface area contributed by atoms with E-state index in [0.29, 0.717) is 0 Å². The van der Waals surface area contributed by atoms with Gasteiger partial charge in [-0.05, 0) is 6.08 Å². The van der Waals surface area contributed by atoms with Gasteiger partial charge >= 0.3 is 0 Å². The Labute approximate surface area is 59.4 Å². The average Bonchev–Trinajstić information content (AvgIpc) is 1.80. The summed E-state index contributed by atoms with van der Waals surface area (Å²) < 4.78 is 24.8. The van der Waals surface area contributed by atoms with E-state index in [1.807, 2.05) is 0 Å². The van der Waals surface area contributed by atoms with Crippen molar-refractivity contribution in [2.24, 2.45) is 0 Å². The molecule has 1 nitrogen and oxygen atoms in total. The smallest absolute Gasteiger partial charge is 0.284 e. The molecule has 0 radical (unpaired) electrons. The van der Waals surface area contributed by atoms with Gasteiger partial charge in [0.15, 0.2) is 0 Å². The first kappa shape index (κ1) is 9.14. The van der Waals surface area contributed by atoms with E-state index >= 15 is 0 Å². The van der Waals surface area contributed by atoms with Crippen LogP contribution in [0, 0.1) is 0 Å². The second-order valence-electron chi connectivity index (χ2n) is 1.95. The maximum Gasteiger partial charge on any atom is 0.284 e. The highest BCUT2D eigenvalue weighted by molar-refractivity contribution is 5.14. The minimum Gasteiger partial charge on any atom is -0.387 e. The highest BCUT2D eigenvalue weighted by atomic mass is 19.3. The van der Waals surface area contributed by atoms with Crippen molar-refractivity contribution in [1.29, 1.82) is 0 Å². The topological polar surface area (TPSA) is 12.0 Å². The molecule has 1 N–H and O–H groups in total. The molecule has 0 amide bonds. The van der Waals surface area contributed by atoms with Crippen molar-refractivity contribution >= 4 is 0 Å². The highest BCUT2D eigenvalue weighted by Gasteiger charge is 2.25. The molecule has 58 valence electrons. The molecule has 10 heavy (non-hydrogen) atoms. The first-order chi connectivity index (χ1) is 4.52. The lowest BCUT2D eigenvalue weighted by atomic mass is 10.2. The number of hydrogen-bond acceptors (Lipinski definition) is 1. The van der Waals surface area contributed by atoms with E-state index in [4.69, 9.17) is 0 Å². The Bertz CT molecular complexity index is 144. The van der Waals surface area contributed by atoms with Gasteiger partial charge in [0.05, 0.1) is 5.70 Å². The molecule has 0 saturated carbocycles. The average molecular weight is 147 g/mol. The fourth-order valence-electron chi connectivity index (χ4n) is 0.567. The number of alkyl halides is 2. The molecule has 0 aromatic heterocycles. The van der Waals surface area contributed by atoms with Gasteiger partial charge in [-0.2, -0.15) is 0 Å². The van der Waals surface area contributed by atoms with Crippen LogP contribution in [0.1, 0.15) is 6.92 Å². The predicted octanol–water partition coefficient (Wildman–Crippen LogP) is 1.93. The number of allylic oxidation sites excluding steroid dienone is 3. The third kappa shape index (κ3) is 2.62. The highest BCUT2D eigenvalue weighted by Crippen LogP contribution is 2.19. The summed E-state index contributed by atoms with van der Waals surface area (Å²) in [5.41, 5.74) is -0.123. The Morgan fingerprint density at radius 3 is 2.20 bits per heavy atom. The molecule has 0 heterocycles. The third-order valence-corrected chi connectivity index (χ3v) is 1.03. The van der Waals surface area contributed by atoms with Crippen LogP contribution >= 0.6 is 0 Å². The van der Waals surface area contributed by atoms with Crippen LogP contribution in [0.4, 0.5) is 8.78 Å². The van der Waals surface area contributed by atoms with Crippen molar-refractivity contribution in [3.63, 3.8) is 0 Å². The number of rotatable bonds is 3. The van der Waals surface area contributed by atoms with Crippen molar-refractivity contribution in [3.8, 4) is 0 Å². The fourth-order valence-corrected chi connectivity index (χ4v) is 0.567. The van der Waals surface area contributed by atoms with Crippen LogP contribution in [0.2, 0.25) is 0 Å². The molecule has 0 aromatic rings. The van der Waals surface area contributed by atoms with Crippen LogP contribution in [-0.2, 0) is 0 Å². The molecule has 0 spiro atoms. The van der Waals surface area contributed by atoms with Crippen molar-refractivity contribution in [3.05, 3.63) is 24.4 Å². The van der Waals surface area contributed by atoms with Crippen LogP contribution in [0.3, 0.4) is 0 Å². The van der Waals surface area contributed by atoms with E-state index in [2.05, 4.69) is 11.9 Å². The summed E-state index contributed by atoms with van der Waals surface area (Å²) in [5.74, 6) is -2.80. The molecule has 0 fully saturated rings. The van der Waals surface area contributed by atoms with Gasteiger partial charge < -0.3 is 5.32 Å². The van der Waals surface area contributed by atoms with Gasteiger partial charge in [-0.3, -0.25) is 0 Å². The summed E-state index contributed by atoms with van der Waals surface area (Å²) >= 11 is 0. The minimum atomic E-state index is -2.80. The lowest BCUT2D eigenvalue weighted by Gasteiger charge is -2.13. The van der Waals surface area contributed by atoms with Gasteiger partial charge in [-0.15, -0.1) is 0 Å². The standard InChI is InChI=1S/C7H11F2N/c1-4-5-6(10-3)7(2,8)9/h4-5,10H,1H2,2-3H3/b6-5-. The number of nitrogens with one attached hydrogen (secondary N) is 1. The Balaban J connectivity index is 4.35. The third-order valence-electron chi connectivity index (χ3n) is 1.03. The molecule has 0 aromatic carbocycles. The SMILES string of the molecule is C=C/C=C(\NC)C(C)(F)F. The molecule has 0 aliphatic heterocycles. The summed E-state index contributed by atoms with van der Waals surface area (Å²) in [4.78, 5) is 0. The Kier molecular flexibility index (Phi) is 3.06. The normalized spacial score (nSPS) is 13.0. The van der Waals surface area contributed by atoms with Crippen molar-refractivity contribution in [2.45, 2.75) is 12.8 Å². The lowest BCUT2D eigenvalue weighted by Crippen LogP contribution is -2.23. The van der Waals surface area contributed by atoms with Crippen molar-refractivity contribution in [2.75, 3.05) is 7.05 Å². The van der Waals surface area contributed by atoms with Crippen LogP contribution in [-0.4, -0.2) is 13.0 Å². The molecule has 3 heteroatoms. The van der Waals surface area contributed by atoms with E-state index < -0.39 is 5.92 Å². The van der Waals surface area contributed by atoms with Gasteiger partial charge in [0.2, 0.25) is 0 Å². The first-order valence-electron chi connectivity index (χ1n) is 2.91. The molecule has 0 aliphatic carbocycles. The molecule has 0 rings (SSSR count). The van der Waals surface area contributed by atoms with Crippen LogP contribution in [0.25, 0.3) is 0 Å². The van der Waals surface area contributed by atoms with E-state index in [9.17, 15) is 8.78 Å². The lowest BCUT2D eigenvalue weighted by molar-refractivity contribution is 0.0569. The first-order valence-corrected chi connectivity index (χ1v) is 2.91. The fraction of sp³-hybridized carbons (Fsp3) is 0.429. The monoisotopic (exact) mass is 147 g/mol. The maximum atomic E-state index is 12.4. The molecule has 0 atom stereocenters. The van der Waals surface area contributed by atoms with E-state index in [-0.39, 0.29) is 5.70 Å². The summed E-state index contributed by atoms with van der Waals surface area (Å²) in [6.45, 7) is 4.14. The van der Waals surface area contributed by atoms with Crippen molar-refractivity contribution in [1.82, 2.24) is 5.32 Å². The van der Waals surface area contributed by atoms with E-state index in [1.54, 1.807) is 0 Å². The molecule has 0 unspecified atom stereocenters. The number of halogens is 2. The summed E-state index contributed by atoms with van der Waals surface area (Å²) in [7, 11) is 1.45. The summed E-state index contributed by atoms with van der Waals surface area (Å²) in [5, 5.41) is 2.38. The van der Waals surface area contributed by atoms with Crippen LogP contribution in [0.5, 0.6) is 0 Å². The Hall–Kier alpha value is -0.860. The van der Waals surface area contributed by atoms with Gasteiger partial charge in [-0.1, -0.05) is 12.7 Å². The van der Waals surface area contributed by atoms with Gasteiger partial charge in [0, 0.05) is 14.0 Å². The van der Waals surface area contributed by atoms with E-state index in [0.717, 1.165) is 6.92 Å². The quantitative estimate of drug-likeness (QED) is 0.601. The van der Waals surface area contributed by atoms with Gasteiger partial charge in [0.25, 0.3) is 5.92 Å². The second-order valence-corrected chi connectivity index (χ2v) is 1.95. The molecule has 0 bridgehead atoms. The van der Waals surface area contributed by atoms with Crippen LogP contribution in [0.15, 0.2) is 24.4 Å². The zero-order valence-electron chi connectivity index (χ0n) is 6.12. The van der Waals surface area contributed by atoms with E-state index in [1.165, 1.54) is 19.2 Å². The second kappa shape index (κ2) is 3.34. The molecule has 0 saturated heterocycles. The number of hydrogen-bond donors (Lipinski definition) is 1. The maximum absolute atomic E-state index is 12.4. The molecular weight excluding hydrogens is 136 g/mol.